The predicted octanol–water partition coefficient (Wildman–Crippen LogP) is 3.00. The Morgan fingerprint density at radius 3 is 2.52 bits per heavy atom. The van der Waals surface area contributed by atoms with Gasteiger partial charge in [0.15, 0.2) is 5.16 Å². The summed E-state index contributed by atoms with van der Waals surface area (Å²) in [5, 5.41) is 6.68. The molecular weight excluding hydrogens is 412 g/mol. The number of amides is 3. The molecule has 166 valence electrons. The Morgan fingerprint density at radius 1 is 1.16 bits per heavy atom. The van der Waals surface area contributed by atoms with E-state index in [0.29, 0.717) is 37.9 Å². The third-order valence-electron chi connectivity index (χ3n) is 5.24. The number of nitrogens with zero attached hydrogens (tertiary/aromatic N) is 4. The van der Waals surface area contributed by atoms with Crippen LogP contribution in [0.4, 0.5) is 10.5 Å². The van der Waals surface area contributed by atoms with E-state index in [2.05, 4.69) is 25.5 Å². The molecule has 3 amide bonds. The van der Waals surface area contributed by atoms with E-state index in [1.807, 2.05) is 39.0 Å². The van der Waals surface area contributed by atoms with Crippen LogP contribution in [0.5, 0.6) is 0 Å². The molecule has 2 aromatic rings. The minimum absolute atomic E-state index is 0.0433. The summed E-state index contributed by atoms with van der Waals surface area (Å²) in [5.41, 5.74) is 1.77. The number of carbonyl (C=O) groups is 2. The molecule has 1 aliphatic rings. The molecule has 1 aromatic carbocycles. The minimum atomic E-state index is -0.112. The lowest BCUT2D eigenvalue weighted by molar-refractivity contribution is -0.123. The molecule has 0 spiro atoms. The highest BCUT2D eigenvalue weighted by molar-refractivity contribution is 7.99. The fraction of sp³-hybridized carbons (Fsp3) is 0.455. The van der Waals surface area contributed by atoms with Crippen LogP contribution in [0.1, 0.15) is 25.8 Å². The Balaban J connectivity index is 1.48. The number of benzene rings is 1. The Bertz CT molecular complexity index is 887. The highest BCUT2D eigenvalue weighted by Gasteiger charge is 2.23. The zero-order chi connectivity index (χ0) is 22.2. The van der Waals surface area contributed by atoms with E-state index in [1.54, 1.807) is 23.4 Å². The number of hydrogen-bond donors (Lipinski definition) is 2. The van der Waals surface area contributed by atoms with Crippen LogP contribution >= 0.6 is 11.8 Å². The average molecular weight is 443 g/mol. The monoisotopic (exact) mass is 442 g/mol. The number of rotatable bonds is 7. The Kier molecular flexibility index (Phi) is 8.25. The van der Waals surface area contributed by atoms with E-state index in [0.717, 1.165) is 22.6 Å². The molecule has 1 aromatic heterocycles. The van der Waals surface area contributed by atoms with Crippen LogP contribution < -0.4 is 10.6 Å². The van der Waals surface area contributed by atoms with Crippen molar-refractivity contribution in [2.45, 2.75) is 43.3 Å². The van der Waals surface area contributed by atoms with Gasteiger partial charge in [0.2, 0.25) is 5.91 Å². The lowest BCUT2D eigenvalue weighted by Crippen LogP contribution is -2.52. The molecule has 2 heterocycles. The SMILES string of the molecule is CCC(C)NC(=O)CN1CCN(C(=O)Nc2ccc(Sc3ncccn3)cc2C)CC1. The normalized spacial score (nSPS) is 15.4. The lowest BCUT2D eigenvalue weighted by Gasteiger charge is -2.34. The van der Waals surface area contributed by atoms with Gasteiger partial charge in [0.1, 0.15) is 0 Å². The smallest absolute Gasteiger partial charge is 0.321 e. The van der Waals surface area contributed by atoms with Gasteiger partial charge < -0.3 is 15.5 Å². The fourth-order valence-corrected chi connectivity index (χ4v) is 4.02. The van der Waals surface area contributed by atoms with Crippen molar-refractivity contribution in [3.8, 4) is 0 Å². The van der Waals surface area contributed by atoms with E-state index in [1.165, 1.54) is 11.8 Å². The third kappa shape index (κ3) is 6.93. The van der Waals surface area contributed by atoms with Gasteiger partial charge in [0, 0.05) is 55.2 Å². The van der Waals surface area contributed by atoms with Crippen molar-refractivity contribution >= 4 is 29.4 Å². The molecule has 0 bridgehead atoms. The van der Waals surface area contributed by atoms with Gasteiger partial charge >= 0.3 is 6.03 Å². The predicted molar refractivity (Wildman–Crippen MR) is 122 cm³/mol. The maximum atomic E-state index is 12.7. The average Bonchev–Trinajstić information content (AvgIpc) is 2.76. The first-order chi connectivity index (χ1) is 14.9. The second kappa shape index (κ2) is 11.1. The maximum Gasteiger partial charge on any atom is 0.321 e. The number of anilines is 1. The molecule has 1 fully saturated rings. The summed E-state index contributed by atoms with van der Waals surface area (Å²) in [6, 6.07) is 7.75. The van der Waals surface area contributed by atoms with Crippen molar-refractivity contribution in [2.24, 2.45) is 0 Å². The van der Waals surface area contributed by atoms with Crippen molar-refractivity contribution < 1.29 is 9.59 Å². The number of hydrogen-bond acceptors (Lipinski definition) is 6. The fourth-order valence-electron chi connectivity index (χ4n) is 3.21. The van der Waals surface area contributed by atoms with Crippen molar-refractivity contribution in [2.75, 3.05) is 38.0 Å². The summed E-state index contributed by atoms with van der Waals surface area (Å²) in [4.78, 5) is 38.1. The molecule has 0 radical (unpaired) electrons. The van der Waals surface area contributed by atoms with Gasteiger partial charge in [-0.1, -0.05) is 6.92 Å². The number of aryl methyl sites for hydroxylation is 1. The van der Waals surface area contributed by atoms with Crippen LogP contribution in [0.25, 0.3) is 0 Å². The standard InChI is InChI=1S/C22H30N6O2S/c1-4-17(3)25-20(29)15-27-10-12-28(13-11-27)22(30)26-19-7-6-18(14-16(19)2)31-21-23-8-5-9-24-21/h5-9,14,17H,4,10-13,15H2,1-3H3,(H,25,29)(H,26,30). The second-order valence-corrected chi connectivity index (χ2v) is 8.72. The van der Waals surface area contributed by atoms with Crippen LogP contribution in [0, 0.1) is 6.92 Å². The van der Waals surface area contributed by atoms with Crippen LogP contribution in [0.15, 0.2) is 46.7 Å². The first-order valence-corrected chi connectivity index (χ1v) is 11.4. The first-order valence-electron chi connectivity index (χ1n) is 10.6. The summed E-state index contributed by atoms with van der Waals surface area (Å²) >= 11 is 1.48. The third-order valence-corrected chi connectivity index (χ3v) is 6.12. The molecule has 2 N–H and O–H groups in total. The minimum Gasteiger partial charge on any atom is -0.353 e. The molecule has 1 unspecified atom stereocenters. The molecule has 9 heteroatoms. The number of urea groups is 1. The summed E-state index contributed by atoms with van der Waals surface area (Å²) in [5.74, 6) is 0.0433. The summed E-state index contributed by atoms with van der Waals surface area (Å²) in [6.45, 7) is 8.97. The number of aromatic nitrogens is 2. The maximum absolute atomic E-state index is 12.7. The summed E-state index contributed by atoms with van der Waals surface area (Å²) < 4.78 is 0. The molecule has 3 rings (SSSR count). The Morgan fingerprint density at radius 2 is 1.87 bits per heavy atom. The quantitative estimate of drug-likeness (QED) is 0.641. The second-order valence-electron chi connectivity index (χ2n) is 7.68. The molecule has 1 atom stereocenters. The number of nitrogens with one attached hydrogen (secondary N) is 2. The van der Waals surface area contributed by atoms with E-state index >= 15 is 0 Å². The van der Waals surface area contributed by atoms with Gasteiger partial charge in [-0.25, -0.2) is 14.8 Å². The molecule has 31 heavy (non-hydrogen) atoms. The van der Waals surface area contributed by atoms with Crippen molar-refractivity contribution in [3.63, 3.8) is 0 Å². The zero-order valence-corrected chi connectivity index (χ0v) is 19.1. The van der Waals surface area contributed by atoms with Crippen LogP contribution in [0.2, 0.25) is 0 Å². The molecule has 1 saturated heterocycles. The van der Waals surface area contributed by atoms with Crippen LogP contribution in [-0.4, -0.2) is 70.5 Å². The highest BCUT2D eigenvalue weighted by Crippen LogP contribution is 2.28. The molecule has 0 saturated carbocycles. The van der Waals surface area contributed by atoms with Gasteiger partial charge in [-0.05, 0) is 61.9 Å². The van der Waals surface area contributed by atoms with Crippen molar-refractivity contribution in [3.05, 3.63) is 42.2 Å². The Hall–Kier alpha value is -2.65. The first kappa shape index (κ1) is 23.0. The summed E-state index contributed by atoms with van der Waals surface area (Å²) in [6.07, 6.45) is 4.35. The van der Waals surface area contributed by atoms with E-state index in [-0.39, 0.29) is 18.0 Å². The molecule has 0 aliphatic carbocycles. The van der Waals surface area contributed by atoms with Gasteiger partial charge in [0.25, 0.3) is 0 Å². The summed E-state index contributed by atoms with van der Waals surface area (Å²) in [7, 11) is 0. The van der Waals surface area contributed by atoms with Gasteiger partial charge in [0.05, 0.1) is 6.54 Å². The van der Waals surface area contributed by atoms with Gasteiger partial charge in [-0.2, -0.15) is 0 Å². The molecule has 8 nitrogen and oxygen atoms in total. The Labute approximate surface area is 187 Å². The van der Waals surface area contributed by atoms with Crippen LogP contribution in [0.3, 0.4) is 0 Å². The lowest BCUT2D eigenvalue weighted by atomic mass is 10.2. The van der Waals surface area contributed by atoms with Gasteiger partial charge in [-0.3, -0.25) is 9.69 Å². The van der Waals surface area contributed by atoms with E-state index in [9.17, 15) is 9.59 Å². The number of carbonyl (C=O) groups excluding carboxylic acids is 2. The van der Waals surface area contributed by atoms with Crippen LogP contribution in [-0.2, 0) is 4.79 Å². The molecular formula is C22H30N6O2S. The van der Waals surface area contributed by atoms with Crippen molar-refractivity contribution in [1.29, 1.82) is 0 Å². The number of piperazine rings is 1. The topological polar surface area (TPSA) is 90.5 Å². The highest BCUT2D eigenvalue weighted by atomic mass is 32.2. The van der Waals surface area contributed by atoms with Crippen molar-refractivity contribution in [1.82, 2.24) is 25.1 Å². The van der Waals surface area contributed by atoms with Gasteiger partial charge in [-0.15, -0.1) is 0 Å². The van der Waals surface area contributed by atoms with E-state index in [4.69, 9.17) is 0 Å². The largest absolute Gasteiger partial charge is 0.353 e. The molecule has 1 aliphatic heterocycles. The van der Waals surface area contributed by atoms with E-state index < -0.39 is 0 Å². The zero-order valence-electron chi connectivity index (χ0n) is 18.3.